The second-order valence-electron chi connectivity index (χ2n) is 5.03. The second-order valence-corrected chi connectivity index (χ2v) is 5.03. The molecule has 0 aliphatic carbocycles. The van der Waals surface area contributed by atoms with E-state index in [1.165, 1.54) is 0 Å². The first-order chi connectivity index (χ1) is 5.43. The van der Waals surface area contributed by atoms with E-state index in [9.17, 15) is 5.11 Å². The van der Waals surface area contributed by atoms with Crippen LogP contribution in [0.3, 0.4) is 0 Å². The first kappa shape index (κ1) is 10.0. The molecule has 1 unspecified atom stereocenters. The summed E-state index contributed by atoms with van der Waals surface area (Å²) in [5.74, 6) is 0. The Labute approximate surface area is 75.6 Å². The summed E-state index contributed by atoms with van der Waals surface area (Å²) in [6, 6.07) is 0. The first-order valence-corrected chi connectivity index (χ1v) is 4.79. The molecule has 0 amide bonds. The number of aliphatic hydroxyl groups excluding tert-OH is 1. The molecule has 0 aromatic heterocycles. The van der Waals surface area contributed by atoms with Crippen LogP contribution in [0.2, 0.25) is 0 Å². The number of rotatable bonds is 3. The topological polar surface area (TPSA) is 23.5 Å². The van der Waals surface area contributed by atoms with Crippen molar-refractivity contribution in [2.24, 2.45) is 5.41 Å². The first-order valence-electron chi connectivity index (χ1n) is 4.79. The lowest BCUT2D eigenvalue weighted by Gasteiger charge is -2.54. The van der Waals surface area contributed by atoms with Gasteiger partial charge in [0.1, 0.15) is 0 Å². The van der Waals surface area contributed by atoms with Crippen LogP contribution >= 0.6 is 0 Å². The molecule has 0 aromatic rings. The Morgan fingerprint density at radius 2 is 1.92 bits per heavy atom. The average molecular weight is 171 g/mol. The van der Waals surface area contributed by atoms with Gasteiger partial charge in [-0.15, -0.1) is 0 Å². The number of nitrogens with zero attached hydrogens (tertiary/aromatic N) is 1. The molecule has 12 heavy (non-hydrogen) atoms. The van der Waals surface area contributed by atoms with Gasteiger partial charge in [0.15, 0.2) is 0 Å². The summed E-state index contributed by atoms with van der Waals surface area (Å²) in [5, 5.41) is 9.25. The van der Waals surface area contributed by atoms with E-state index in [2.05, 4.69) is 32.6 Å². The summed E-state index contributed by atoms with van der Waals surface area (Å²) < 4.78 is 0. The molecule has 1 aliphatic heterocycles. The summed E-state index contributed by atoms with van der Waals surface area (Å²) >= 11 is 0. The van der Waals surface area contributed by atoms with Crippen molar-refractivity contribution in [1.29, 1.82) is 0 Å². The molecule has 0 aromatic carbocycles. The molecule has 0 saturated carbocycles. The smallest absolute Gasteiger partial charge is 0.0612 e. The minimum atomic E-state index is 0.0233. The van der Waals surface area contributed by atoms with Gasteiger partial charge in [0.25, 0.3) is 0 Å². The van der Waals surface area contributed by atoms with Gasteiger partial charge in [-0.25, -0.2) is 0 Å². The molecule has 1 atom stereocenters. The van der Waals surface area contributed by atoms with Crippen molar-refractivity contribution in [2.45, 2.75) is 39.7 Å². The van der Waals surface area contributed by atoms with Crippen LogP contribution in [0, 0.1) is 5.41 Å². The van der Waals surface area contributed by atoms with Gasteiger partial charge >= 0.3 is 0 Å². The monoisotopic (exact) mass is 171 g/mol. The van der Waals surface area contributed by atoms with Gasteiger partial charge in [-0.1, -0.05) is 20.8 Å². The highest BCUT2D eigenvalue weighted by atomic mass is 16.3. The van der Waals surface area contributed by atoms with Crippen LogP contribution < -0.4 is 0 Å². The highest BCUT2D eigenvalue weighted by Crippen LogP contribution is 2.35. The second kappa shape index (κ2) is 3.00. The van der Waals surface area contributed by atoms with Crippen LogP contribution in [0.1, 0.15) is 34.1 Å². The molecule has 2 nitrogen and oxygen atoms in total. The molecule has 1 fully saturated rings. The normalized spacial score (nSPS) is 27.8. The molecule has 72 valence electrons. The number of hydrogen-bond donors (Lipinski definition) is 1. The number of aliphatic hydroxyl groups is 1. The van der Waals surface area contributed by atoms with E-state index in [0.29, 0.717) is 5.41 Å². The molecule has 2 heteroatoms. The Morgan fingerprint density at radius 3 is 2.17 bits per heavy atom. The van der Waals surface area contributed by atoms with Crippen LogP contribution in [-0.4, -0.2) is 35.2 Å². The fraction of sp³-hybridized carbons (Fsp3) is 1.00. The molecule has 1 saturated heterocycles. The minimum Gasteiger partial charge on any atom is -0.394 e. The third-order valence-electron chi connectivity index (χ3n) is 3.10. The Balaban J connectivity index is 2.50. The summed E-state index contributed by atoms with van der Waals surface area (Å²) in [7, 11) is 0. The van der Waals surface area contributed by atoms with Crippen LogP contribution in [-0.2, 0) is 0 Å². The summed E-state index contributed by atoms with van der Waals surface area (Å²) in [5.41, 5.74) is 0.487. The van der Waals surface area contributed by atoms with Gasteiger partial charge in [-0.3, -0.25) is 4.90 Å². The predicted molar refractivity (Wildman–Crippen MR) is 51.1 cm³/mol. The number of hydrogen-bond acceptors (Lipinski definition) is 2. The molecule has 0 bridgehead atoms. The van der Waals surface area contributed by atoms with Crippen molar-refractivity contribution in [3.63, 3.8) is 0 Å². The Bertz CT molecular complexity index is 153. The fourth-order valence-corrected chi connectivity index (χ4v) is 1.80. The molecule has 1 aliphatic rings. The number of likely N-dealkylation sites (tertiary alicyclic amines) is 1. The third kappa shape index (κ3) is 1.64. The third-order valence-corrected chi connectivity index (χ3v) is 3.10. The highest BCUT2D eigenvalue weighted by Gasteiger charge is 2.42. The molecule has 1 N–H and O–H groups in total. The van der Waals surface area contributed by atoms with E-state index in [-0.39, 0.29) is 12.1 Å². The molecular formula is C10H21NO. The van der Waals surface area contributed by atoms with Gasteiger partial charge in [-0.05, 0) is 18.8 Å². The maximum Gasteiger partial charge on any atom is 0.0612 e. The lowest BCUT2D eigenvalue weighted by Crippen LogP contribution is -2.63. The average Bonchev–Trinajstić information content (AvgIpc) is 1.99. The van der Waals surface area contributed by atoms with Crippen molar-refractivity contribution >= 4 is 0 Å². The Morgan fingerprint density at radius 1 is 1.42 bits per heavy atom. The van der Waals surface area contributed by atoms with Gasteiger partial charge < -0.3 is 5.11 Å². The van der Waals surface area contributed by atoms with E-state index in [4.69, 9.17) is 0 Å². The van der Waals surface area contributed by atoms with Gasteiger partial charge in [0, 0.05) is 18.6 Å². The van der Waals surface area contributed by atoms with Crippen molar-refractivity contribution in [2.75, 3.05) is 19.7 Å². The predicted octanol–water partition coefficient (Wildman–Crippen LogP) is 1.49. The van der Waals surface area contributed by atoms with Crippen LogP contribution in [0.15, 0.2) is 0 Å². The van der Waals surface area contributed by atoms with Crippen molar-refractivity contribution in [1.82, 2.24) is 4.90 Å². The molecular weight excluding hydrogens is 150 g/mol. The van der Waals surface area contributed by atoms with E-state index < -0.39 is 0 Å². The summed E-state index contributed by atoms with van der Waals surface area (Å²) in [6.45, 7) is 11.4. The standard InChI is InChI=1S/C10H21NO/c1-5-10(4,8-12)11-6-9(2,3)7-11/h12H,5-8H2,1-4H3. The van der Waals surface area contributed by atoms with Crippen molar-refractivity contribution < 1.29 is 5.11 Å². The minimum absolute atomic E-state index is 0.0233. The quantitative estimate of drug-likeness (QED) is 0.695. The van der Waals surface area contributed by atoms with E-state index in [1.54, 1.807) is 0 Å². The zero-order valence-electron chi connectivity index (χ0n) is 8.72. The maximum atomic E-state index is 9.25. The van der Waals surface area contributed by atoms with Crippen LogP contribution in [0.25, 0.3) is 0 Å². The van der Waals surface area contributed by atoms with Crippen LogP contribution in [0.4, 0.5) is 0 Å². The van der Waals surface area contributed by atoms with Gasteiger partial charge in [-0.2, -0.15) is 0 Å². The zero-order chi connectivity index (χ0) is 9.41. The zero-order valence-corrected chi connectivity index (χ0v) is 8.72. The largest absolute Gasteiger partial charge is 0.394 e. The van der Waals surface area contributed by atoms with E-state index in [0.717, 1.165) is 19.5 Å². The molecule has 0 radical (unpaired) electrons. The SMILES string of the molecule is CCC(C)(CO)N1CC(C)(C)C1. The van der Waals surface area contributed by atoms with E-state index in [1.807, 2.05) is 0 Å². The highest BCUT2D eigenvalue weighted by molar-refractivity contribution is 4.97. The van der Waals surface area contributed by atoms with E-state index >= 15 is 0 Å². The molecule has 1 rings (SSSR count). The summed E-state index contributed by atoms with van der Waals surface area (Å²) in [6.07, 6.45) is 1.03. The Kier molecular flexibility index (Phi) is 2.50. The summed E-state index contributed by atoms with van der Waals surface area (Å²) in [4.78, 5) is 2.38. The van der Waals surface area contributed by atoms with Crippen molar-refractivity contribution in [3.8, 4) is 0 Å². The van der Waals surface area contributed by atoms with Crippen molar-refractivity contribution in [3.05, 3.63) is 0 Å². The van der Waals surface area contributed by atoms with Crippen LogP contribution in [0.5, 0.6) is 0 Å². The Hall–Kier alpha value is -0.0800. The maximum absolute atomic E-state index is 9.25. The molecule has 1 heterocycles. The lowest BCUT2D eigenvalue weighted by atomic mass is 9.79. The van der Waals surface area contributed by atoms with Gasteiger partial charge in [0.05, 0.1) is 6.61 Å². The lowest BCUT2D eigenvalue weighted by molar-refractivity contribution is -0.0755. The fourth-order valence-electron chi connectivity index (χ4n) is 1.80. The molecule has 0 spiro atoms. The van der Waals surface area contributed by atoms with Gasteiger partial charge in [0.2, 0.25) is 0 Å².